The number of ether oxygens (including phenoxy) is 1. The van der Waals surface area contributed by atoms with Crippen LogP contribution in [-0.4, -0.2) is 35.9 Å². The zero-order valence-electron chi connectivity index (χ0n) is 18.2. The summed E-state index contributed by atoms with van der Waals surface area (Å²) in [5, 5.41) is 3.53. The van der Waals surface area contributed by atoms with Crippen LogP contribution in [0.3, 0.4) is 0 Å². The van der Waals surface area contributed by atoms with Gasteiger partial charge in [0.25, 0.3) is 5.91 Å². The first kappa shape index (κ1) is 23.7. The summed E-state index contributed by atoms with van der Waals surface area (Å²) >= 11 is 5.99. The van der Waals surface area contributed by atoms with Gasteiger partial charge in [0, 0.05) is 18.1 Å². The lowest BCUT2D eigenvalue weighted by molar-refractivity contribution is -0.143. The van der Waals surface area contributed by atoms with Crippen LogP contribution in [0.5, 0.6) is 5.75 Å². The second-order valence-electron chi connectivity index (χ2n) is 7.48. The highest BCUT2D eigenvalue weighted by Gasteiger charge is 2.28. The third-order valence-corrected chi connectivity index (χ3v) is 5.01. The fourth-order valence-electron chi connectivity index (χ4n) is 3.32. The first-order valence-corrected chi connectivity index (χ1v) is 10.7. The molecule has 0 spiro atoms. The molecule has 0 saturated heterocycles. The average molecular weight is 431 g/mol. The van der Waals surface area contributed by atoms with Crippen molar-refractivity contribution in [1.29, 1.82) is 0 Å². The van der Waals surface area contributed by atoms with E-state index in [0.717, 1.165) is 23.1 Å². The highest BCUT2D eigenvalue weighted by atomic mass is 35.5. The number of hydrogen-bond acceptors (Lipinski definition) is 3. The molecule has 0 fully saturated rings. The third-order valence-electron chi connectivity index (χ3n) is 4.76. The minimum atomic E-state index is -0.567. The molecule has 0 aromatic heterocycles. The Morgan fingerprint density at radius 3 is 2.27 bits per heavy atom. The summed E-state index contributed by atoms with van der Waals surface area (Å²) in [6, 6.07) is 12.6. The molecule has 0 radical (unpaired) electrons. The molecule has 2 rings (SSSR count). The van der Waals surface area contributed by atoms with Gasteiger partial charge in [-0.05, 0) is 67.6 Å². The Labute approximate surface area is 184 Å². The second-order valence-corrected chi connectivity index (χ2v) is 7.91. The van der Waals surface area contributed by atoms with Crippen molar-refractivity contribution in [3.63, 3.8) is 0 Å². The van der Waals surface area contributed by atoms with E-state index in [9.17, 15) is 9.59 Å². The monoisotopic (exact) mass is 430 g/mol. The SMILES string of the molecule is CCCNC(=O)[C@H](CC)N(Cc1ccc(Cl)cc1)C(=O)COc1cc(C)cc(C)c1. The Kier molecular flexibility index (Phi) is 9.18. The standard InChI is InChI=1S/C24H31ClN2O3/c1-5-11-26-24(29)22(6-2)27(15-19-7-9-20(25)10-8-19)23(28)16-30-21-13-17(3)12-18(4)14-21/h7-10,12-14,22H,5-6,11,15-16H2,1-4H3,(H,26,29)/t22-/m0/s1. The maximum Gasteiger partial charge on any atom is 0.261 e. The van der Waals surface area contributed by atoms with Crippen LogP contribution < -0.4 is 10.1 Å². The Morgan fingerprint density at radius 1 is 1.07 bits per heavy atom. The van der Waals surface area contributed by atoms with Gasteiger partial charge in [0.05, 0.1) is 0 Å². The first-order valence-electron chi connectivity index (χ1n) is 10.4. The molecule has 0 aliphatic carbocycles. The summed E-state index contributed by atoms with van der Waals surface area (Å²) in [5.41, 5.74) is 3.04. The minimum absolute atomic E-state index is 0.131. The average Bonchev–Trinajstić information content (AvgIpc) is 2.71. The molecule has 6 heteroatoms. The Bertz CT molecular complexity index is 832. The molecule has 2 aromatic carbocycles. The number of rotatable bonds is 10. The van der Waals surface area contributed by atoms with Gasteiger partial charge in [-0.25, -0.2) is 0 Å². The minimum Gasteiger partial charge on any atom is -0.484 e. The largest absolute Gasteiger partial charge is 0.484 e. The van der Waals surface area contributed by atoms with Crippen LogP contribution in [0.15, 0.2) is 42.5 Å². The molecule has 0 aliphatic rings. The van der Waals surface area contributed by atoms with Crippen molar-refractivity contribution in [1.82, 2.24) is 10.2 Å². The molecule has 0 saturated carbocycles. The van der Waals surface area contributed by atoms with E-state index in [-0.39, 0.29) is 18.4 Å². The fraction of sp³-hybridized carbons (Fsp3) is 0.417. The number of nitrogens with one attached hydrogen (secondary N) is 1. The van der Waals surface area contributed by atoms with E-state index < -0.39 is 6.04 Å². The van der Waals surface area contributed by atoms with Gasteiger partial charge >= 0.3 is 0 Å². The molecule has 1 atom stereocenters. The van der Waals surface area contributed by atoms with Crippen LogP contribution >= 0.6 is 11.6 Å². The summed E-state index contributed by atoms with van der Waals surface area (Å²) < 4.78 is 5.78. The quantitative estimate of drug-likeness (QED) is 0.595. The van der Waals surface area contributed by atoms with Gasteiger partial charge in [-0.1, -0.05) is 43.6 Å². The van der Waals surface area contributed by atoms with Gasteiger partial charge in [-0.3, -0.25) is 9.59 Å². The van der Waals surface area contributed by atoms with E-state index in [1.54, 1.807) is 17.0 Å². The summed E-state index contributed by atoms with van der Waals surface area (Å²) in [4.78, 5) is 27.4. The Balaban J connectivity index is 2.20. The van der Waals surface area contributed by atoms with Crippen LogP contribution in [0.2, 0.25) is 5.02 Å². The molecule has 0 unspecified atom stereocenters. The number of carbonyl (C=O) groups excluding carboxylic acids is 2. The van der Waals surface area contributed by atoms with Gasteiger partial charge in [0.2, 0.25) is 5.91 Å². The smallest absolute Gasteiger partial charge is 0.261 e. The van der Waals surface area contributed by atoms with Crippen molar-refractivity contribution in [2.75, 3.05) is 13.2 Å². The van der Waals surface area contributed by atoms with Crippen LogP contribution in [-0.2, 0) is 16.1 Å². The van der Waals surface area contributed by atoms with Crippen LogP contribution in [0.25, 0.3) is 0 Å². The van der Waals surface area contributed by atoms with Crippen LogP contribution in [0, 0.1) is 13.8 Å². The topological polar surface area (TPSA) is 58.6 Å². The highest BCUT2D eigenvalue weighted by Crippen LogP contribution is 2.18. The van der Waals surface area contributed by atoms with E-state index in [4.69, 9.17) is 16.3 Å². The van der Waals surface area contributed by atoms with Gasteiger partial charge in [0.15, 0.2) is 6.61 Å². The molecule has 2 amide bonds. The molecule has 162 valence electrons. The first-order chi connectivity index (χ1) is 14.3. The number of halogens is 1. The maximum atomic E-state index is 13.1. The predicted octanol–water partition coefficient (Wildman–Crippen LogP) is 4.67. The molecular formula is C24H31ClN2O3. The second kappa shape index (κ2) is 11.6. The lowest BCUT2D eigenvalue weighted by Crippen LogP contribution is -2.50. The number of hydrogen-bond donors (Lipinski definition) is 1. The van der Waals surface area contributed by atoms with Crippen molar-refractivity contribution in [3.05, 3.63) is 64.2 Å². The Hall–Kier alpha value is -2.53. The molecule has 0 aliphatic heterocycles. The van der Waals surface area contributed by atoms with Crippen molar-refractivity contribution in [2.45, 2.75) is 53.1 Å². The number of nitrogens with zero attached hydrogens (tertiary/aromatic N) is 1. The number of carbonyl (C=O) groups is 2. The highest BCUT2D eigenvalue weighted by molar-refractivity contribution is 6.30. The molecule has 0 heterocycles. The summed E-state index contributed by atoms with van der Waals surface area (Å²) in [6.45, 7) is 8.63. The third kappa shape index (κ3) is 7.06. The fourth-order valence-corrected chi connectivity index (χ4v) is 3.44. The van der Waals surface area contributed by atoms with E-state index in [1.807, 2.05) is 58.0 Å². The predicted molar refractivity (Wildman–Crippen MR) is 121 cm³/mol. The maximum absolute atomic E-state index is 13.1. The van der Waals surface area contributed by atoms with Gasteiger partial charge in [0.1, 0.15) is 11.8 Å². The lowest BCUT2D eigenvalue weighted by Gasteiger charge is -2.30. The summed E-state index contributed by atoms with van der Waals surface area (Å²) in [6.07, 6.45) is 1.35. The summed E-state index contributed by atoms with van der Waals surface area (Å²) in [5.74, 6) is 0.270. The van der Waals surface area contributed by atoms with Crippen molar-refractivity contribution in [3.8, 4) is 5.75 Å². The molecule has 0 bridgehead atoms. The van der Waals surface area contributed by atoms with Crippen molar-refractivity contribution in [2.24, 2.45) is 0 Å². The van der Waals surface area contributed by atoms with Gasteiger partial charge in [-0.15, -0.1) is 0 Å². The van der Waals surface area contributed by atoms with E-state index in [1.165, 1.54) is 0 Å². The zero-order valence-corrected chi connectivity index (χ0v) is 19.0. The van der Waals surface area contributed by atoms with Crippen molar-refractivity contribution >= 4 is 23.4 Å². The van der Waals surface area contributed by atoms with Gasteiger partial charge in [-0.2, -0.15) is 0 Å². The molecule has 1 N–H and O–H groups in total. The van der Waals surface area contributed by atoms with E-state index in [2.05, 4.69) is 5.32 Å². The molecule has 2 aromatic rings. The van der Waals surface area contributed by atoms with Crippen molar-refractivity contribution < 1.29 is 14.3 Å². The molecule has 30 heavy (non-hydrogen) atoms. The Morgan fingerprint density at radius 2 is 1.70 bits per heavy atom. The normalized spacial score (nSPS) is 11.6. The van der Waals surface area contributed by atoms with Gasteiger partial charge < -0.3 is 15.0 Å². The zero-order chi connectivity index (χ0) is 22.1. The van der Waals surface area contributed by atoms with E-state index in [0.29, 0.717) is 30.3 Å². The number of aryl methyl sites for hydroxylation is 2. The molecule has 5 nitrogen and oxygen atoms in total. The van der Waals surface area contributed by atoms with Crippen LogP contribution in [0.1, 0.15) is 43.4 Å². The van der Waals surface area contributed by atoms with Crippen LogP contribution in [0.4, 0.5) is 0 Å². The summed E-state index contributed by atoms with van der Waals surface area (Å²) in [7, 11) is 0. The lowest BCUT2D eigenvalue weighted by atomic mass is 10.1. The number of amides is 2. The number of benzene rings is 2. The molecular weight excluding hydrogens is 400 g/mol. The van der Waals surface area contributed by atoms with E-state index >= 15 is 0 Å².